The van der Waals surface area contributed by atoms with Crippen molar-refractivity contribution in [3.8, 4) is 5.75 Å². The van der Waals surface area contributed by atoms with Crippen LogP contribution in [-0.2, 0) is 11.3 Å². The fraction of sp³-hybridized carbons (Fsp3) is 0.450. The molecule has 1 N–H and O–H groups in total. The number of hydrogen-bond donors (Lipinski definition) is 1. The number of hydrogen-bond acceptors (Lipinski definition) is 4. The molecule has 1 aromatic heterocycles. The van der Waals surface area contributed by atoms with Crippen molar-refractivity contribution in [3.63, 3.8) is 0 Å². The number of nitrogens with zero attached hydrogens (tertiary/aromatic N) is 1. The second-order valence-corrected chi connectivity index (χ2v) is 7.76. The molecule has 0 bridgehead atoms. The molecule has 0 saturated heterocycles. The Morgan fingerprint density at radius 1 is 1.24 bits per heavy atom. The van der Waals surface area contributed by atoms with Crippen molar-refractivity contribution in [1.82, 2.24) is 10.2 Å². The molecule has 0 aliphatic rings. The van der Waals surface area contributed by atoms with E-state index >= 15 is 0 Å². The Hall–Kier alpha value is -1.85. The highest BCUT2D eigenvalue weighted by molar-refractivity contribution is 7.10. The van der Waals surface area contributed by atoms with Gasteiger partial charge in [0, 0.05) is 11.4 Å². The lowest BCUT2D eigenvalue weighted by atomic mass is 9.96. The van der Waals surface area contributed by atoms with Gasteiger partial charge < -0.3 is 10.1 Å². The van der Waals surface area contributed by atoms with Crippen LogP contribution in [-0.4, -0.2) is 31.5 Å². The van der Waals surface area contributed by atoms with E-state index in [-0.39, 0.29) is 11.9 Å². The van der Waals surface area contributed by atoms with E-state index in [1.54, 1.807) is 18.4 Å². The second kappa shape index (κ2) is 9.02. The van der Waals surface area contributed by atoms with Gasteiger partial charge >= 0.3 is 0 Å². The van der Waals surface area contributed by atoms with Gasteiger partial charge in [-0.25, -0.2) is 0 Å². The van der Waals surface area contributed by atoms with Crippen molar-refractivity contribution in [3.05, 3.63) is 51.7 Å². The standard InChI is InChI=1S/C20H28N2O2S/c1-14(2)20(16-6-8-17(24-5)9-7-16)21-19(23)13-22(4)12-18-15(3)10-11-25-18/h6-11,14,20H,12-13H2,1-5H3,(H,21,23). The van der Waals surface area contributed by atoms with Gasteiger partial charge in [0.05, 0.1) is 19.7 Å². The molecule has 0 aliphatic carbocycles. The van der Waals surface area contributed by atoms with Crippen LogP contribution < -0.4 is 10.1 Å². The SMILES string of the molecule is COc1ccc(C(NC(=O)CN(C)Cc2sccc2C)C(C)C)cc1. The Labute approximate surface area is 154 Å². The summed E-state index contributed by atoms with van der Waals surface area (Å²) in [6.07, 6.45) is 0. The molecule has 4 nitrogen and oxygen atoms in total. The second-order valence-electron chi connectivity index (χ2n) is 6.76. The lowest BCUT2D eigenvalue weighted by Gasteiger charge is -2.25. The van der Waals surface area contributed by atoms with E-state index in [0.29, 0.717) is 12.5 Å². The summed E-state index contributed by atoms with van der Waals surface area (Å²) in [7, 11) is 3.64. The van der Waals surface area contributed by atoms with Gasteiger partial charge in [-0.1, -0.05) is 26.0 Å². The van der Waals surface area contributed by atoms with Crippen LogP contribution in [0.15, 0.2) is 35.7 Å². The molecule has 1 unspecified atom stereocenters. The van der Waals surface area contributed by atoms with Crippen molar-refractivity contribution < 1.29 is 9.53 Å². The van der Waals surface area contributed by atoms with E-state index in [0.717, 1.165) is 17.9 Å². The number of thiophene rings is 1. The van der Waals surface area contributed by atoms with Crippen LogP contribution in [0.25, 0.3) is 0 Å². The van der Waals surface area contributed by atoms with Crippen LogP contribution in [0.4, 0.5) is 0 Å². The smallest absolute Gasteiger partial charge is 0.234 e. The fourth-order valence-electron chi connectivity index (χ4n) is 2.78. The largest absolute Gasteiger partial charge is 0.497 e. The summed E-state index contributed by atoms with van der Waals surface area (Å²) in [6, 6.07) is 10.0. The van der Waals surface area contributed by atoms with Crippen LogP contribution in [0.2, 0.25) is 0 Å². The summed E-state index contributed by atoms with van der Waals surface area (Å²) >= 11 is 1.74. The molecular formula is C20H28N2O2S. The summed E-state index contributed by atoms with van der Waals surface area (Å²) in [5.74, 6) is 1.18. The number of ether oxygens (including phenoxy) is 1. The molecule has 1 amide bonds. The number of methoxy groups -OCH3 is 1. The maximum absolute atomic E-state index is 12.5. The van der Waals surface area contributed by atoms with E-state index in [1.165, 1.54) is 10.4 Å². The molecule has 1 atom stereocenters. The van der Waals surface area contributed by atoms with E-state index < -0.39 is 0 Å². The van der Waals surface area contributed by atoms with Gasteiger partial charge in [-0.05, 0) is 54.6 Å². The van der Waals surface area contributed by atoms with Crippen molar-refractivity contribution >= 4 is 17.2 Å². The van der Waals surface area contributed by atoms with Crippen molar-refractivity contribution in [2.45, 2.75) is 33.4 Å². The topological polar surface area (TPSA) is 41.6 Å². The molecule has 136 valence electrons. The lowest BCUT2D eigenvalue weighted by molar-refractivity contribution is -0.123. The average molecular weight is 361 g/mol. The minimum atomic E-state index is -0.00437. The summed E-state index contributed by atoms with van der Waals surface area (Å²) in [5.41, 5.74) is 2.39. The van der Waals surface area contributed by atoms with Crippen LogP contribution in [0, 0.1) is 12.8 Å². The number of carbonyl (C=O) groups is 1. The molecule has 0 fully saturated rings. The summed E-state index contributed by atoms with van der Waals surface area (Å²) in [4.78, 5) is 15.9. The molecule has 1 heterocycles. The van der Waals surface area contributed by atoms with Gasteiger partial charge in [0.2, 0.25) is 5.91 Å². The average Bonchev–Trinajstić information content (AvgIpc) is 2.97. The third kappa shape index (κ3) is 5.58. The maximum atomic E-state index is 12.5. The van der Waals surface area contributed by atoms with Gasteiger partial charge in [0.25, 0.3) is 0 Å². The van der Waals surface area contributed by atoms with E-state index in [9.17, 15) is 4.79 Å². The third-order valence-electron chi connectivity index (χ3n) is 4.25. The number of amides is 1. The van der Waals surface area contributed by atoms with Crippen LogP contribution in [0.1, 0.15) is 35.9 Å². The van der Waals surface area contributed by atoms with Crippen LogP contribution in [0.3, 0.4) is 0 Å². The lowest BCUT2D eigenvalue weighted by Crippen LogP contribution is -2.38. The van der Waals surface area contributed by atoms with Crippen molar-refractivity contribution in [1.29, 1.82) is 0 Å². The first-order valence-electron chi connectivity index (χ1n) is 8.55. The summed E-state index contributed by atoms with van der Waals surface area (Å²) < 4.78 is 5.21. The molecule has 2 rings (SSSR count). The van der Waals surface area contributed by atoms with Gasteiger partial charge in [-0.15, -0.1) is 11.3 Å². The first-order valence-corrected chi connectivity index (χ1v) is 9.43. The van der Waals surface area contributed by atoms with E-state index in [1.807, 2.05) is 31.3 Å². The van der Waals surface area contributed by atoms with Gasteiger partial charge in [0.15, 0.2) is 0 Å². The summed E-state index contributed by atoms with van der Waals surface area (Å²) in [5, 5.41) is 5.27. The van der Waals surface area contributed by atoms with E-state index in [4.69, 9.17) is 4.74 Å². The molecule has 5 heteroatoms. The zero-order valence-corrected chi connectivity index (χ0v) is 16.5. The number of aryl methyl sites for hydroxylation is 1. The van der Waals surface area contributed by atoms with Crippen molar-refractivity contribution in [2.75, 3.05) is 20.7 Å². The fourth-order valence-corrected chi connectivity index (χ4v) is 3.76. The van der Waals surface area contributed by atoms with E-state index in [2.05, 4.69) is 42.4 Å². The van der Waals surface area contributed by atoms with Gasteiger partial charge in [-0.3, -0.25) is 9.69 Å². The molecule has 0 saturated carbocycles. The molecule has 0 radical (unpaired) electrons. The number of rotatable bonds is 8. The Morgan fingerprint density at radius 3 is 2.44 bits per heavy atom. The quantitative estimate of drug-likeness (QED) is 0.773. The zero-order chi connectivity index (χ0) is 18.4. The Morgan fingerprint density at radius 2 is 1.92 bits per heavy atom. The first kappa shape index (κ1) is 19.5. The number of carbonyl (C=O) groups excluding carboxylic acids is 1. The van der Waals surface area contributed by atoms with Gasteiger partial charge in [0.1, 0.15) is 5.75 Å². The molecule has 2 aromatic rings. The molecular weight excluding hydrogens is 332 g/mol. The monoisotopic (exact) mass is 360 g/mol. The summed E-state index contributed by atoms with van der Waals surface area (Å²) in [6.45, 7) is 7.53. The zero-order valence-electron chi connectivity index (χ0n) is 15.7. The number of benzene rings is 1. The van der Waals surface area contributed by atoms with Crippen LogP contribution >= 0.6 is 11.3 Å². The van der Waals surface area contributed by atoms with Gasteiger partial charge in [-0.2, -0.15) is 0 Å². The Bertz CT molecular complexity index is 679. The first-order chi connectivity index (χ1) is 11.9. The van der Waals surface area contributed by atoms with Crippen molar-refractivity contribution in [2.24, 2.45) is 5.92 Å². The molecule has 25 heavy (non-hydrogen) atoms. The predicted octanol–water partition coefficient (Wildman–Crippen LogP) is 4.01. The van der Waals surface area contributed by atoms with Crippen LogP contribution in [0.5, 0.6) is 5.75 Å². The highest BCUT2D eigenvalue weighted by Crippen LogP contribution is 2.24. The maximum Gasteiger partial charge on any atom is 0.234 e. The molecule has 0 spiro atoms. The number of nitrogens with one attached hydrogen (secondary N) is 1. The number of likely N-dealkylation sites (N-methyl/N-ethyl adjacent to an activating group) is 1. The highest BCUT2D eigenvalue weighted by Gasteiger charge is 2.19. The predicted molar refractivity (Wildman–Crippen MR) is 104 cm³/mol. The minimum absolute atomic E-state index is 0.00437. The highest BCUT2D eigenvalue weighted by atomic mass is 32.1. The molecule has 0 aliphatic heterocycles. The normalized spacial score (nSPS) is 12.4. The Balaban J connectivity index is 1.96. The molecule has 1 aromatic carbocycles. The minimum Gasteiger partial charge on any atom is -0.497 e. The Kier molecular flexibility index (Phi) is 7.02. The third-order valence-corrected chi connectivity index (χ3v) is 5.26.